The number of nitrogens with zero attached hydrogens (tertiary/aromatic N) is 1. The molecule has 1 aliphatic rings. The van der Waals surface area contributed by atoms with Gasteiger partial charge >= 0.3 is 0 Å². The van der Waals surface area contributed by atoms with Crippen molar-refractivity contribution in [2.75, 3.05) is 11.4 Å². The first kappa shape index (κ1) is 18.5. The van der Waals surface area contributed by atoms with E-state index in [1.54, 1.807) is 4.90 Å². The van der Waals surface area contributed by atoms with Crippen LogP contribution in [0.4, 0.5) is 5.69 Å². The topological polar surface area (TPSA) is 49.4 Å². The zero-order chi connectivity index (χ0) is 17.7. The molecule has 1 saturated heterocycles. The van der Waals surface area contributed by atoms with E-state index >= 15 is 0 Å². The van der Waals surface area contributed by atoms with E-state index in [2.05, 4.69) is 39.1 Å². The molecule has 0 spiro atoms. The largest absolute Gasteiger partial charge is 0.351 e. The molecule has 0 bridgehead atoms. The Morgan fingerprint density at radius 3 is 2.46 bits per heavy atom. The van der Waals surface area contributed by atoms with Gasteiger partial charge in [-0.1, -0.05) is 32.8 Å². The molecule has 1 heterocycles. The maximum atomic E-state index is 12.5. The molecule has 0 saturated carbocycles. The molecule has 24 heavy (non-hydrogen) atoms. The highest BCUT2D eigenvalue weighted by molar-refractivity contribution is 5.97. The minimum atomic E-state index is -0.0807. The van der Waals surface area contributed by atoms with Gasteiger partial charge in [0.2, 0.25) is 11.8 Å². The van der Waals surface area contributed by atoms with Crippen LogP contribution in [-0.4, -0.2) is 24.4 Å². The molecule has 4 nitrogen and oxygen atoms in total. The van der Waals surface area contributed by atoms with Crippen LogP contribution in [0.25, 0.3) is 0 Å². The minimum absolute atomic E-state index is 0.0748. The van der Waals surface area contributed by atoms with E-state index in [0.717, 1.165) is 31.4 Å². The van der Waals surface area contributed by atoms with Crippen LogP contribution in [0.5, 0.6) is 0 Å². The van der Waals surface area contributed by atoms with Gasteiger partial charge in [-0.3, -0.25) is 9.59 Å². The molecule has 0 radical (unpaired) electrons. The highest BCUT2D eigenvalue weighted by Gasteiger charge is 2.32. The third kappa shape index (κ3) is 4.37. The quantitative estimate of drug-likeness (QED) is 0.828. The number of hydrogen-bond acceptors (Lipinski definition) is 2. The van der Waals surface area contributed by atoms with Gasteiger partial charge in [-0.05, 0) is 49.9 Å². The zero-order valence-corrected chi connectivity index (χ0v) is 15.4. The van der Waals surface area contributed by atoms with Crippen LogP contribution < -0.4 is 10.2 Å². The van der Waals surface area contributed by atoms with Gasteiger partial charge in [0.05, 0.1) is 6.04 Å². The molecule has 1 fully saturated rings. The van der Waals surface area contributed by atoms with Crippen molar-refractivity contribution in [1.82, 2.24) is 5.32 Å². The molecule has 4 heteroatoms. The molecular formula is C20H30N2O2. The Morgan fingerprint density at radius 2 is 1.88 bits per heavy atom. The molecular weight excluding hydrogens is 300 g/mol. The van der Waals surface area contributed by atoms with Crippen molar-refractivity contribution in [3.63, 3.8) is 0 Å². The van der Waals surface area contributed by atoms with Crippen LogP contribution in [-0.2, 0) is 9.59 Å². The van der Waals surface area contributed by atoms with E-state index in [1.807, 2.05) is 12.1 Å². The van der Waals surface area contributed by atoms with Crippen molar-refractivity contribution >= 4 is 17.5 Å². The van der Waals surface area contributed by atoms with Gasteiger partial charge in [0, 0.05) is 24.6 Å². The number of hydrogen-bond donors (Lipinski definition) is 1. The number of anilines is 1. The summed E-state index contributed by atoms with van der Waals surface area (Å²) < 4.78 is 0. The summed E-state index contributed by atoms with van der Waals surface area (Å²) in [7, 11) is 0. The Morgan fingerprint density at radius 1 is 1.21 bits per heavy atom. The van der Waals surface area contributed by atoms with E-state index in [4.69, 9.17) is 0 Å². The van der Waals surface area contributed by atoms with Crippen LogP contribution in [0.2, 0.25) is 0 Å². The maximum Gasteiger partial charge on any atom is 0.229 e. The highest BCUT2D eigenvalue weighted by atomic mass is 16.2. The molecule has 0 aliphatic carbocycles. The average Bonchev–Trinajstić information content (AvgIpc) is 2.90. The second-order valence-corrected chi connectivity index (χ2v) is 6.96. The Bertz CT molecular complexity index is 591. The van der Waals surface area contributed by atoms with Crippen LogP contribution in [0, 0.1) is 19.8 Å². The molecule has 2 rings (SSSR count). The SMILES string of the molecule is CCCC(CCC)C(=O)NC1CC(=O)N(c2ccc(C)c(C)c2)C1. The lowest BCUT2D eigenvalue weighted by molar-refractivity contribution is -0.126. The first-order chi connectivity index (χ1) is 11.5. The van der Waals surface area contributed by atoms with Crippen molar-refractivity contribution in [3.8, 4) is 0 Å². The summed E-state index contributed by atoms with van der Waals surface area (Å²) in [6.45, 7) is 8.90. The van der Waals surface area contributed by atoms with Crippen molar-refractivity contribution in [2.45, 2.75) is 65.8 Å². The van der Waals surface area contributed by atoms with Crippen molar-refractivity contribution in [3.05, 3.63) is 29.3 Å². The average molecular weight is 330 g/mol. The third-order valence-corrected chi connectivity index (χ3v) is 4.92. The molecule has 1 aromatic rings. The van der Waals surface area contributed by atoms with Crippen LogP contribution in [0.3, 0.4) is 0 Å². The zero-order valence-electron chi connectivity index (χ0n) is 15.4. The summed E-state index contributed by atoms with van der Waals surface area (Å²) in [5, 5.41) is 3.10. The molecule has 1 atom stereocenters. The summed E-state index contributed by atoms with van der Waals surface area (Å²) in [5.74, 6) is 0.273. The molecule has 1 unspecified atom stereocenters. The van der Waals surface area contributed by atoms with Crippen LogP contribution >= 0.6 is 0 Å². The van der Waals surface area contributed by atoms with E-state index < -0.39 is 0 Å². The Kier molecular flexibility index (Phi) is 6.41. The third-order valence-electron chi connectivity index (χ3n) is 4.92. The van der Waals surface area contributed by atoms with E-state index in [9.17, 15) is 9.59 Å². The number of carbonyl (C=O) groups is 2. The molecule has 1 aliphatic heterocycles. The molecule has 1 aromatic carbocycles. The van der Waals surface area contributed by atoms with Gasteiger partial charge in [0.1, 0.15) is 0 Å². The monoisotopic (exact) mass is 330 g/mol. The van der Waals surface area contributed by atoms with Gasteiger partial charge in [0.25, 0.3) is 0 Å². The lowest BCUT2D eigenvalue weighted by Crippen LogP contribution is -2.40. The first-order valence-corrected chi connectivity index (χ1v) is 9.14. The predicted octanol–water partition coefficient (Wildman–Crippen LogP) is 3.74. The van der Waals surface area contributed by atoms with Crippen LogP contribution in [0.1, 0.15) is 57.1 Å². The van der Waals surface area contributed by atoms with Gasteiger partial charge in [-0.25, -0.2) is 0 Å². The number of rotatable bonds is 7. The fourth-order valence-electron chi connectivity index (χ4n) is 3.37. The lowest BCUT2D eigenvalue weighted by atomic mass is 9.97. The summed E-state index contributed by atoms with van der Waals surface area (Å²) in [4.78, 5) is 26.6. The second kappa shape index (κ2) is 8.32. The number of carbonyl (C=O) groups excluding carboxylic acids is 2. The van der Waals surface area contributed by atoms with Crippen LogP contribution in [0.15, 0.2) is 18.2 Å². The first-order valence-electron chi connectivity index (χ1n) is 9.14. The number of aryl methyl sites for hydroxylation is 2. The molecule has 0 aromatic heterocycles. The Balaban J connectivity index is 2.01. The number of benzene rings is 1. The smallest absolute Gasteiger partial charge is 0.229 e. The van der Waals surface area contributed by atoms with E-state index in [0.29, 0.717) is 13.0 Å². The Labute approximate surface area is 145 Å². The molecule has 1 N–H and O–H groups in total. The summed E-state index contributed by atoms with van der Waals surface area (Å²) in [5.41, 5.74) is 3.33. The fraction of sp³-hybridized carbons (Fsp3) is 0.600. The predicted molar refractivity (Wildman–Crippen MR) is 98.1 cm³/mol. The van der Waals surface area contributed by atoms with Gasteiger partial charge in [0.15, 0.2) is 0 Å². The fourth-order valence-corrected chi connectivity index (χ4v) is 3.37. The highest BCUT2D eigenvalue weighted by Crippen LogP contribution is 2.24. The van der Waals surface area contributed by atoms with Crippen molar-refractivity contribution < 1.29 is 9.59 Å². The molecule has 2 amide bonds. The van der Waals surface area contributed by atoms with E-state index in [1.165, 1.54) is 11.1 Å². The summed E-state index contributed by atoms with van der Waals surface area (Å²) in [6.07, 6.45) is 4.25. The number of nitrogens with one attached hydrogen (secondary N) is 1. The van der Waals surface area contributed by atoms with Crippen molar-refractivity contribution in [2.24, 2.45) is 5.92 Å². The van der Waals surface area contributed by atoms with Gasteiger partial charge in [-0.15, -0.1) is 0 Å². The minimum Gasteiger partial charge on any atom is -0.351 e. The standard InChI is InChI=1S/C20H30N2O2/c1-5-7-16(8-6-2)20(24)21-17-12-19(23)22(13-17)18-10-9-14(3)15(4)11-18/h9-11,16-17H,5-8,12-13H2,1-4H3,(H,21,24). The lowest BCUT2D eigenvalue weighted by Gasteiger charge is -2.20. The Hall–Kier alpha value is -1.84. The summed E-state index contributed by atoms with van der Waals surface area (Å²) in [6, 6.07) is 6.00. The normalized spacial score (nSPS) is 17.6. The summed E-state index contributed by atoms with van der Waals surface area (Å²) >= 11 is 0. The van der Waals surface area contributed by atoms with E-state index in [-0.39, 0.29) is 23.8 Å². The van der Waals surface area contributed by atoms with Gasteiger partial charge in [-0.2, -0.15) is 0 Å². The second-order valence-electron chi connectivity index (χ2n) is 6.96. The number of amides is 2. The maximum absolute atomic E-state index is 12.5. The van der Waals surface area contributed by atoms with Gasteiger partial charge < -0.3 is 10.2 Å². The molecule has 132 valence electrons. The van der Waals surface area contributed by atoms with Crippen molar-refractivity contribution in [1.29, 1.82) is 0 Å².